The van der Waals surface area contributed by atoms with Crippen LogP contribution in [0.25, 0.3) is 22.6 Å². The van der Waals surface area contributed by atoms with Gasteiger partial charge in [-0.15, -0.1) is 0 Å². The summed E-state index contributed by atoms with van der Waals surface area (Å²) in [5, 5.41) is 4.35. The second-order valence-corrected chi connectivity index (χ2v) is 7.14. The maximum atomic E-state index is 13.2. The van der Waals surface area contributed by atoms with E-state index in [0.29, 0.717) is 11.4 Å². The minimum Gasteiger partial charge on any atom is -0.465 e. The van der Waals surface area contributed by atoms with E-state index < -0.39 is 23.5 Å². The second kappa shape index (κ2) is 9.02. The van der Waals surface area contributed by atoms with Gasteiger partial charge in [0, 0.05) is 18.1 Å². The quantitative estimate of drug-likeness (QED) is 0.329. The number of hydrogen-bond acceptors (Lipinski definition) is 8. The summed E-state index contributed by atoms with van der Waals surface area (Å²) in [4.78, 5) is 50.2. The molecule has 0 atom stereocenters. The van der Waals surface area contributed by atoms with Gasteiger partial charge in [0.1, 0.15) is 11.3 Å². The van der Waals surface area contributed by atoms with Gasteiger partial charge in [0.15, 0.2) is 0 Å². The molecule has 2 aromatic rings. The lowest BCUT2D eigenvalue weighted by Crippen LogP contribution is -2.15. The molecule has 0 spiro atoms. The Labute approximate surface area is 193 Å². The molecule has 2 aliphatic rings. The minimum absolute atomic E-state index is 0.0230. The Morgan fingerprint density at radius 1 is 0.765 bits per heavy atom. The molecule has 0 radical (unpaired) electrons. The molecule has 2 aliphatic heterocycles. The molecule has 10 nitrogen and oxygen atoms in total. The van der Waals surface area contributed by atoms with Gasteiger partial charge in [-0.1, -0.05) is 18.2 Å². The van der Waals surface area contributed by atoms with E-state index in [2.05, 4.69) is 5.10 Å². The van der Waals surface area contributed by atoms with Crippen LogP contribution in [-0.4, -0.2) is 53.6 Å². The lowest BCUT2D eigenvalue weighted by molar-refractivity contribution is 0.0586. The topological polar surface area (TPSA) is 119 Å². The van der Waals surface area contributed by atoms with Gasteiger partial charge >= 0.3 is 17.9 Å². The molecule has 0 aromatic heterocycles. The zero-order chi connectivity index (χ0) is 24.4. The van der Waals surface area contributed by atoms with Crippen molar-refractivity contribution in [3.8, 4) is 22.6 Å². The molecule has 0 bridgehead atoms. The first-order valence-electron chi connectivity index (χ1n) is 9.98. The Morgan fingerprint density at radius 3 is 1.91 bits per heavy atom. The van der Waals surface area contributed by atoms with Crippen LogP contribution in [0.3, 0.4) is 0 Å². The van der Waals surface area contributed by atoms with Crippen molar-refractivity contribution in [1.82, 2.24) is 14.3 Å². The van der Waals surface area contributed by atoms with Crippen molar-refractivity contribution in [2.75, 3.05) is 21.3 Å². The molecule has 4 rings (SSSR count). The molecule has 0 aliphatic carbocycles. The van der Waals surface area contributed by atoms with Crippen LogP contribution in [-0.2, 0) is 14.2 Å². The fraction of sp³-hybridized carbons (Fsp3) is 0.125. The van der Waals surface area contributed by atoms with E-state index in [4.69, 9.17) is 14.2 Å². The fourth-order valence-corrected chi connectivity index (χ4v) is 3.49. The van der Waals surface area contributed by atoms with Crippen LogP contribution in [0, 0.1) is 0 Å². The van der Waals surface area contributed by atoms with Gasteiger partial charge in [0.25, 0.3) is 5.56 Å². The molecule has 172 valence electrons. The largest absolute Gasteiger partial charge is 0.465 e. The van der Waals surface area contributed by atoms with Crippen LogP contribution >= 0.6 is 0 Å². The van der Waals surface area contributed by atoms with Crippen LogP contribution in [0.4, 0.5) is 0 Å². The Bertz CT molecular complexity index is 1400. The van der Waals surface area contributed by atoms with Gasteiger partial charge < -0.3 is 18.8 Å². The highest BCUT2D eigenvalue weighted by Gasteiger charge is 2.26. The first-order valence-corrected chi connectivity index (χ1v) is 9.98. The first kappa shape index (κ1) is 22.5. The molecule has 0 saturated heterocycles. The van der Waals surface area contributed by atoms with E-state index in [1.165, 1.54) is 61.2 Å². The maximum absolute atomic E-state index is 13.2. The lowest BCUT2D eigenvalue weighted by atomic mass is 10.1. The summed E-state index contributed by atoms with van der Waals surface area (Å²) in [5.74, 6) is -2.07. The van der Waals surface area contributed by atoms with Gasteiger partial charge in [-0.2, -0.15) is 9.78 Å². The van der Waals surface area contributed by atoms with Crippen molar-refractivity contribution >= 4 is 17.9 Å². The third-order valence-electron chi connectivity index (χ3n) is 5.13. The van der Waals surface area contributed by atoms with E-state index >= 15 is 0 Å². The number of para-hydroxylation sites is 1. The highest BCUT2D eigenvalue weighted by atomic mass is 16.5. The normalized spacial score (nSPS) is 10.7. The minimum atomic E-state index is -0.714. The summed E-state index contributed by atoms with van der Waals surface area (Å²) in [6.45, 7) is 0. The zero-order valence-corrected chi connectivity index (χ0v) is 18.5. The van der Waals surface area contributed by atoms with Gasteiger partial charge in [-0.25, -0.2) is 14.4 Å². The van der Waals surface area contributed by atoms with E-state index in [9.17, 15) is 19.2 Å². The highest BCUT2D eigenvalue weighted by molar-refractivity contribution is 5.97. The molecule has 34 heavy (non-hydrogen) atoms. The number of aromatic nitrogens is 3. The number of methoxy groups -OCH3 is 3. The molecule has 0 saturated carbocycles. The fourth-order valence-electron chi connectivity index (χ4n) is 3.49. The number of rotatable bonds is 5. The molecule has 2 aromatic carbocycles. The summed E-state index contributed by atoms with van der Waals surface area (Å²) >= 11 is 0. The van der Waals surface area contributed by atoms with Crippen LogP contribution in [0.5, 0.6) is 0 Å². The maximum Gasteiger partial charge on any atom is 0.341 e. The summed E-state index contributed by atoms with van der Waals surface area (Å²) in [6, 6.07) is 13.0. The summed E-state index contributed by atoms with van der Waals surface area (Å²) < 4.78 is 17.1. The van der Waals surface area contributed by atoms with E-state index in [1.807, 2.05) is 0 Å². The van der Waals surface area contributed by atoms with Gasteiger partial charge in [-0.05, 0) is 30.3 Å². The predicted octanol–water partition coefficient (Wildman–Crippen LogP) is 2.49. The lowest BCUT2D eigenvalue weighted by Gasteiger charge is -2.14. The van der Waals surface area contributed by atoms with Gasteiger partial charge in [0.2, 0.25) is 0 Å². The Morgan fingerprint density at radius 2 is 1.35 bits per heavy atom. The number of esters is 3. The van der Waals surface area contributed by atoms with E-state index in [0.717, 1.165) is 0 Å². The third kappa shape index (κ3) is 3.92. The zero-order valence-electron chi connectivity index (χ0n) is 18.5. The number of pyridine rings is 1. The van der Waals surface area contributed by atoms with Crippen molar-refractivity contribution in [3.63, 3.8) is 0 Å². The molecule has 0 amide bonds. The van der Waals surface area contributed by atoms with E-state index in [1.54, 1.807) is 30.3 Å². The van der Waals surface area contributed by atoms with Crippen LogP contribution in [0.15, 0.2) is 65.7 Å². The number of benzene rings is 2. The number of hydrogen-bond donors (Lipinski definition) is 0. The molecule has 10 heteroatoms. The Hall–Kier alpha value is -4.73. The van der Waals surface area contributed by atoms with Crippen molar-refractivity contribution in [2.24, 2.45) is 0 Å². The Kier molecular flexibility index (Phi) is 5.96. The molecular formula is C24H19N3O7. The Balaban J connectivity index is 2.00. The average molecular weight is 461 g/mol. The molecule has 2 heterocycles. The summed E-state index contributed by atoms with van der Waals surface area (Å²) in [7, 11) is 3.64. The van der Waals surface area contributed by atoms with Gasteiger partial charge in [0.05, 0.1) is 43.7 Å². The van der Waals surface area contributed by atoms with Crippen LogP contribution in [0.2, 0.25) is 0 Å². The molecule has 0 unspecified atom stereocenters. The van der Waals surface area contributed by atoms with Crippen molar-refractivity contribution in [1.29, 1.82) is 0 Å². The standard InChI is InChI=1S/C24H19N3O7/c1-32-22(29)14-9-15(23(30)33-2)11-17(10-14)26-12-18-20(19(13-26)24(31)34-3)25-27(21(18)28)16-7-5-4-6-8-16/h4-13H,1-3H3. The average Bonchev–Trinajstić information content (AvgIpc) is 3.23. The number of carbonyl (C=O) groups is 3. The molecular weight excluding hydrogens is 442 g/mol. The SMILES string of the molecule is COC(=O)c1cc(C(=O)OC)cc(-n2cc(C(=O)OC)c3nn(-c4ccccc4)c(=O)c-3c2)c1. The monoisotopic (exact) mass is 461 g/mol. The van der Waals surface area contributed by atoms with Crippen LogP contribution in [0.1, 0.15) is 31.1 Å². The summed E-state index contributed by atoms with van der Waals surface area (Å²) in [6.07, 6.45) is 2.88. The second-order valence-electron chi connectivity index (χ2n) is 7.14. The van der Waals surface area contributed by atoms with Crippen molar-refractivity contribution < 1.29 is 28.6 Å². The number of fused-ring (bicyclic) bond motifs is 1. The highest BCUT2D eigenvalue weighted by Crippen LogP contribution is 2.26. The summed E-state index contributed by atoms with van der Waals surface area (Å²) in [5.41, 5.74) is 0.829. The first-order chi connectivity index (χ1) is 16.4. The third-order valence-corrected chi connectivity index (χ3v) is 5.13. The number of nitrogens with zero attached hydrogens (tertiary/aromatic N) is 3. The smallest absolute Gasteiger partial charge is 0.341 e. The number of ether oxygens (including phenoxy) is 3. The number of carbonyl (C=O) groups excluding carboxylic acids is 3. The predicted molar refractivity (Wildman–Crippen MR) is 120 cm³/mol. The van der Waals surface area contributed by atoms with Crippen molar-refractivity contribution in [2.45, 2.75) is 0 Å². The van der Waals surface area contributed by atoms with Crippen molar-refractivity contribution in [3.05, 3.63) is 88.0 Å². The van der Waals surface area contributed by atoms with Gasteiger partial charge in [-0.3, -0.25) is 4.79 Å². The van der Waals surface area contributed by atoms with E-state index in [-0.39, 0.29) is 27.9 Å². The van der Waals surface area contributed by atoms with Crippen LogP contribution < -0.4 is 5.56 Å². The molecule has 0 fully saturated rings. The molecule has 0 N–H and O–H groups in total.